The van der Waals surface area contributed by atoms with E-state index in [1.54, 1.807) is 11.0 Å². The van der Waals surface area contributed by atoms with Crippen molar-refractivity contribution in [1.29, 1.82) is 0 Å². The Hall–Kier alpha value is -2.07. The molecule has 0 radical (unpaired) electrons. The minimum absolute atomic E-state index is 0.0295. The molecule has 0 N–H and O–H groups in total. The van der Waals surface area contributed by atoms with E-state index in [1.165, 1.54) is 17.7 Å². The summed E-state index contributed by atoms with van der Waals surface area (Å²) < 4.78 is 13.9. The predicted octanol–water partition coefficient (Wildman–Crippen LogP) is 3.75. The van der Waals surface area contributed by atoms with Gasteiger partial charge in [0, 0.05) is 31.9 Å². The number of nitrogens with zero attached hydrogens (tertiary/aromatic N) is 2. The molecule has 1 heterocycles. The lowest BCUT2D eigenvalue weighted by molar-refractivity contribution is 0.0742. The quantitative estimate of drug-likeness (QED) is 0.836. The van der Waals surface area contributed by atoms with Crippen molar-refractivity contribution in [3.05, 3.63) is 64.4 Å². The van der Waals surface area contributed by atoms with Gasteiger partial charge in [0.25, 0.3) is 5.91 Å². The first kappa shape index (κ1) is 15.8. The molecule has 1 aliphatic rings. The molecule has 0 spiro atoms. The number of hydrogen-bond donors (Lipinski definition) is 0. The second-order valence-corrected chi connectivity index (χ2v) is 6.12. The highest BCUT2D eigenvalue weighted by atomic mass is 35.5. The third kappa shape index (κ3) is 3.32. The van der Waals surface area contributed by atoms with Crippen LogP contribution in [0.15, 0.2) is 42.5 Å². The van der Waals surface area contributed by atoms with E-state index >= 15 is 0 Å². The molecule has 2 aromatic rings. The molecule has 2 aromatic carbocycles. The summed E-state index contributed by atoms with van der Waals surface area (Å²) in [5, 5.41) is 0.163. The van der Waals surface area contributed by atoms with E-state index in [4.69, 9.17) is 11.6 Å². The van der Waals surface area contributed by atoms with Crippen molar-refractivity contribution in [3.8, 4) is 0 Å². The van der Waals surface area contributed by atoms with Crippen molar-refractivity contribution >= 4 is 23.2 Å². The van der Waals surface area contributed by atoms with Gasteiger partial charge in [0.1, 0.15) is 5.82 Å². The Morgan fingerprint density at radius 2 is 1.78 bits per heavy atom. The van der Waals surface area contributed by atoms with E-state index in [9.17, 15) is 9.18 Å². The third-order valence-electron chi connectivity index (χ3n) is 4.11. The van der Waals surface area contributed by atoms with Crippen LogP contribution in [0.1, 0.15) is 15.9 Å². The predicted molar refractivity (Wildman–Crippen MR) is 90.7 cm³/mol. The molecule has 3 nitrogen and oxygen atoms in total. The van der Waals surface area contributed by atoms with E-state index in [0.29, 0.717) is 13.1 Å². The summed E-state index contributed by atoms with van der Waals surface area (Å²) in [7, 11) is 0. The molecule has 0 unspecified atom stereocenters. The van der Waals surface area contributed by atoms with Crippen molar-refractivity contribution in [2.24, 2.45) is 0 Å². The molecule has 1 aliphatic heterocycles. The highest BCUT2D eigenvalue weighted by Gasteiger charge is 2.25. The van der Waals surface area contributed by atoms with Crippen molar-refractivity contribution in [2.75, 3.05) is 31.1 Å². The van der Waals surface area contributed by atoms with E-state index < -0.39 is 5.82 Å². The van der Waals surface area contributed by atoms with E-state index in [-0.39, 0.29) is 16.5 Å². The van der Waals surface area contributed by atoms with Crippen molar-refractivity contribution < 1.29 is 9.18 Å². The molecule has 120 valence electrons. The molecule has 1 amide bonds. The van der Waals surface area contributed by atoms with Gasteiger partial charge in [0.2, 0.25) is 0 Å². The van der Waals surface area contributed by atoms with Crippen LogP contribution in [0, 0.1) is 12.7 Å². The standard InChI is InChI=1S/C18H18ClFN2O/c1-13-4-2-5-14(12-13)21-8-10-22(11-9-21)18(23)17-15(19)6-3-7-16(17)20/h2-7,12H,8-11H2,1H3. The van der Waals surface area contributed by atoms with Crippen molar-refractivity contribution in [1.82, 2.24) is 4.90 Å². The van der Waals surface area contributed by atoms with Crippen LogP contribution in [0.2, 0.25) is 5.02 Å². The van der Waals surface area contributed by atoms with E-state index in [0.717, 1.165) is 18.8 Å². The van der Waals surface area contributed by atoms with Crippen LogP contribution in [0.25, 0.3) is 0 Å². The fourth-order valence-corrected chi connectivity index (χ4v) is 3.10. The molecule has 0 saturated carbocycles. The number of rotatable bonds is 2. The first-order chi connectivity index (χ1) is 11.1. The summed E-state index contributed by atoms with van der Waals surface area (Å²) in [6.45, 7) is 4.61. The summed E-state index contributed by atoms with van der Waals surface area (Å²) >= 11 is 5.99. The van der Waals surface area contributed by atoms with Gasteiger partial charge in [-0.2, -0.15) is 0 Å². The number of benzene rings is 2. The summed E-state index contributed by atoms with van der Waals surface area (Å²) in [6.07, 6.45) is 0. The Kier molecular flexibility index (Phi) is 4.53. The van der Waals surface area contributed by atoms with Crippen LogP contribution >= 0.6 is 11.6 Å². The van der Waals surface area contributed by atoms with Gasteiger partial charge in [0.15, 0.2) is 0 Å². The summed E-state index contributed by atoms with van der Waals surface area (Å²) in [5.74, 6) is -0.902. The highest BCUT2D eigenvalue weighted by Crippen LogP contribution is 2.23. The summed E-state index contributed by atoms with van der Waals surface area (Å²) in [5.41, 5.74) is 2.33. The van der Waals surface area contributed by atoms with Crippen LogP contribution in [0.3, 0.4) is 0 Å². The topological polar surface area (TPSA) is 23.6 Å². The zero-order valence-electron chi connectivity index (χ0n) is 12.9. The van der Waals surface area contributed by atoms with Crippen LogP contribution in [0.4, 0.5) is 10.1 Å². The number of carbonyl (C=O) groups excluding carboxylic acids is 1. The average molecular weight is 333 g/mol. The lowest BCUT2D eigenvalue weighted by Crippen LogP contribution is -2.49. The maximum Gasteiger partial charge on any atom is 0.258 e. The molecule has 3 rings (SSSR count). The van der Waals surface area contributed by atoms with E-state index in [2.05, 4.69) is 30.0 Å². The van der Waals surface area contributed by atoms with Gasteiger partial charge < -0.3 is 9.80 Å². The minimum atomic E-state index is -0.566. The Morgan fingerprint density at radius 1 is 1.09 bits per heavy atom. The maximum atomic E-state index is 13.9. The lowest BCUT2D eigenvalue weighted by atomic mass is 10.1. The molecular weight excluding hydrogens is 315 g/mol. The molecule has 0 atom stereocenters. The zero-order chi connectivity index (χ0) is 16.4. The summed E-state index contributed by atoms with van der Waals surface area (Å²) in [4.78, 5) is 16.4. The van der Waals surface area contributed by atoms with Crippen LogP contribution in [-0.4, -0.2) is 37.0 Å². The molecule has 0 aliphatic carbocycles. The smallest absolute Gasteiger partial charge is 0.258 e. The van der Waals surface area contributed by atoms with Gasteiger partial charge in [-0.15, -0.1) is 0 Å². The van der Waals surface area contributed by atoms with Gasteiger partial charge in [-0.25, -0.2) is 4.39 Å². The Morgan fingerprint density at radius 3 is 2.43 bits per heavy atom. The van der Waals surface area contributed by atoms with Gasteiger partial charge in [-0.05, 0) is 36.8 Å². The zero-order valence-corrected chi connectivity index (χ0v) is 13.7. The maximum absolute atomic E-state index is 13.9. The Balaban J connectivity index is 1.70. The largest absolute Gasteiger partial charge is 0.368 e. The number of aryl methyl sites for hydroxylation is 1. The van der Waals surface area contributed by atoms with Gasteiger partial charge in [-0.1, -0.05) is 29.8 Å². The second kappa shape index (κ2) is 6.59. The number of amides is 1. The van der Waals surface area contributed by atoms with Crippen molar-refractivity contribution in [2.45, 2.75) is 6.92 Å². The Labute approximate surface area is 140 Å². The molecule has 0 aromatic heterocycles. The fourth-order valence-electron chi connectivity index (χ4n) is 2.85. The van der Waals surface area contributed by atoms with Gasteiger partial charge in [0.05, 0.1) is 10.6 Å². The molecule has 5 heteroatoms. The fraction of sp³-hybridized carbons (Fsp3) is 0.278. The average Bonchev–Trinajstić information content (AvgIpc) is 2.55. The van der Waals surface area contributed by atoms with Crippen molar-refractivity contribution in [3.63, 3.8) is 0 Å². The molecule has 1 saturated heterocycles. The number of anilines is 1. The number of hydrogen-bond acceptors (Lipinski definition) is 2. The van der Waals surface area contributed by atoms with Gasteiger partial charge >= 0.3 is 0 Å². The second-order valence-electron chi connectivity index (χ2n) is 5.71. The highest BCUT2D eigenvalue weighted by molar-refractivity contribution is 6.33. The van der Waals surface area contributed by atoms with E-state index in [1.807, 2.05) is 6.07 Å². The lowest BCUT2D eigenvalue weighted by Gasteiger charge is -2.36. The number of piperazine rings is 1. The monoisotopic (exact) mass is 332 g/mol. The first-order valence-electron chi connectivity index (χ1n) is 7.61. The Bertz CT molecular complexity index is 706. The van der Waals surface area contributed by atoms with Crippen LogP contribution < -0.4 is 4.90 Å². The van der Waals surface area contributed by atoms with Gasteiger partial charge in [-0.3, -0.25) is 4.79 Å². The number of carbonyl (C=O) groups is 1. The van der Waals surface area contributed by atoms with Crippen LogP contribution in [-0.2, 0) is 0 Å². The molecular formula is C18H18ClFN2O. The minimum Gasteiger partial charge on any atom is -0.368 e. The molecule has 23 heavy (non-hydrogen) atoms. The molecule has 1 fully saturated rings. The first-order valence-corrected chi connectivity index (χ1v) is 7.99. The van der Waals surface area contributed by atoms with Crippen LogP contribution in [0.5, 0.6) is 0 Å². The summed E-state index contributed by atoms with van der Waals surface area (Å²) in [6, 6.07) is 12.6. The normalized spacial score (nSPS) is 14.9. The number of halogens is 2. The molecule has 0 bridgehead atoms. The SMILES string of the molecule is Cc1cccc(N2CCN(C(=O)c3c(F)cccc3Cl)CC2)c1. The third-order valence-corrected chi connectivity index (χ3v) is 4.43.